The minimum Gasteiger partial charge on any atom is -0.508 e. The van der Waals surface area contributed by atoms with Crippen LogP contribution in [0.5, 0.6) is 23.0 Å². The van der Waals surface area contributed by atoms with E-state index in [1.165, 1.54) is 34.1 Å². The van der Waals surface area contributed by atoms with Crippen molar-refractivity contribution < 1.29 is 48.2 Å². The van der Waals surface area contributed by atoms with Crippen LogP contribution < -0.4 is 26.0 Å². The van der Waals surface area contributed by atoms with Crippen molar-refractivity contribution in [2.24, 2.45) is 5.92 Å². The highest BCUT2D eigenvalue weighted by atomic mass is 16.7. The number of hydrogen-bond acceptors (Lipinski definition) is 14. The first-order valence-electron chi connectivity index (χ1n) is 27.3. The summed E-state index contributed by atoms with van der Waals surface area (Å²) in [6.45, 7) is 16.2. The summed E-state index contributed by atoms with van der Waals surface area (Å²) in [5.41, 5.74) is 1.99. The summed E-state index contributed by atoms with van der Waals surface area (Å²) in [6.07, 6.45) is 4.96. The van der Waals surface area contributed by atoms with Gasteiger partial charge in [-0.2, -0.15) is 0 Å². The molecule has 0 aliphatic carbocycles. The first-order valence-corrected chi connectivity index (χ1v) is 27.3. The van der Waals surface area contributed by atoms with Crippen molar-refractivity contribution in [1.29, 1.82) is 0 Å². The van der Waals surface area contributed by atoms with E-state index in [1.807, 2.05) is 90.9 Å². The monoisotopic (exact) mass is 1110 g/mol. The number of amides is 5. The summed E-state index contributed by atoms with van der Waals surface area (Å²) >= 11 is 0. The number of carbonyl (C=O) groups excluding carboxylic acids is 5. The predicted octanol–water partition coefficient (Wildman–Crippen LogP) is 7.94. The molecule has 1 aliphatic heterocycles. The molecule has 1 aliphatic rings. The van der Waals surface area contributed by atoms with Crippen LogP contribution >= 0.6 is 0 Å². The first-order chi connectivity index (χ1) is 39.2. The maximum Gasteiger partial charge on any atom is 0.482 e. The van der Waals surface area contributed by atoms with Crippen LogP contribution in [0.1, 0.15) is 126 Å². The number of nitrogens with one attached hydrogen (secondary N) is 4. The fourth-order valence-electron chi connectivity index (χ4n) is 9.61. The zero-order chi connectivity index (χ0) is 58.9. The van der Waals surface area contributed by atoms with E-state index in [-0.39, 0.29) is 77.6 Å². The van der Waals surface area contributed by atoms with Crippen molar-refractivity contribution in [3.05, 3.63) is 173 Å². The van der Waals surface area contributed by atoms with Gasteiger partial charge in [0.15, 0.2) is 5.82 Å². The normalized spacial score (nSPS) is 15.4. The van der Waals surface area contributed by atoms with Crippen molar-refractivity contribution in [2.45, 2.75) is 97.3 Å². The maximum atomic E-state index is 14.2. The van der Waals surface area contributed by atoms with Crippen LogP contribution in [-0.2, 0) is 26.1 Å². The van der Waals surface area contributed by atoms with Gasteiger partial charge >= 0.3 is 7.12 Å². The summed E-state index contributed by atoms with van der Waals surface area (Å²) in [6, 6.07) is 31.9. The first kappa shape index (κ1) is 59.2. The number of hydrogen-bond donors (Lipinski definition) is 6. The molecular formula is C61H69BN10O10. The van der Waals surface area contributed by atoms with E-state index in [0.717, 1.165) is 11.1 Å². The van der Waals surface area contributed by atoms with Crippen molar-refractivity contribution in [1.82, 2.24) is 50.9 Å². The molecule has 1 saturated heterocycles. The maximum absolute atomic E-state index is 14.2. The molecule has 8 rings (SSSR count). The SMILES string of the molecule is CCNC(=O)c1nnc(-c2cc(C(C)C)c(O)cc2O)n1-c1ccc(Oc2ccc(C(=O)NCCN(C)C(=O)c3ccc(C4(C)OB([C@H](CC(C)C)NC(=O)[C@H](Cc5ccccc5)NC(=O)c5cnccn5)OC4(C)C)cc3)cc2)cc1. The van der Waals surface area contributed by atoms with Crippen LogP contribution in [0.25, 0.3) is 17.1 Å². The molecule has 2 aromatic heterocycles. The lowest BCUT2D eigenvalue weighted by Gasteiger charge is -2.37. The number of ether oxygens (including phenoxy) is 1. The molecule has 20 nitrogen and oxygen atoms in total. The molecule has 3 atom stereocenters. The van der Waals surface area contributed by atoms with Crippen LogP contribution in [0.4, 0.5) is 0 Å². The van der Waals surface area contributed by atoms with Gasteiger partial charge in [-0.25, -0.2) is 4.98 Å². The minimum atomic E-state index is -1.01. The van der Waals surface area contributed by atoms with Crippen LogP contribution in [0, 0.1) is 5.92 Å². The number of carbonyl (C=O) groups is 5. The minimum absolute atomic E-state index is 0.00338. The molecule has 0 bridgehead atoms. The molecule has 0 radical (unpaired) electrons. The Morgan fingerprint density at radius 1 is 0.756 bits per heavy atom. The zero-order valence-electron chi connectivity index (χ0n) is 47.5. The molecule has 82 heavy (non-hydrogen) atoms. The van der Waals surface area contributed by atoms with Crippen molar-refractivity contribution in [2.75, 3.05) is 26.7 Å². The highest BCUT2D eigenvalue weighted by molar-refractivity contribution is 6.48. The van der Waals surface area contributed by atoms with E-state index in [9.17, 15) is 34.2 Å². The van der Waals surface area contributed by atoms with Gasteiger partial charge in [-0.15, -0.1) is 10.2 Å². The Balaban J connectivity index is 0.856. The molecule has 7 aromatic rings. The second kappa shape index (κ2) is 25.7. The standard InChI is InChI=1S/C61H69BN10O10/c1-10-64-58(78)54-70-69-53(47-34-46(38(4)5)50(73)35-51(47)74)72(54)43-22-26-45(27-23-43)80-44-24-18-40(19-25-44)55(75)66-30-31-71(9)59(79)41-16-20-42(21-17-41)61(8)60(6,7)81-62(82-61)52(32-37(2)3)68-56(76)48(33-39-14-12-11-13-15-39)67-57(77)49-36-63-28-29-65-49/h11-29,34-38,48,52,73-74H,10,30-33H2,1-9H3,(H,64,78)(H,66,75)(H,67,77)(H,68,76)/t48-,52-,61?/m0/s1. The number of phenolic OH excluding ortho intramolecular Hbond substituents is 2. The molecule has 21 heteroatoms. The predicted molar refractivity (Wildman–Crippen MR) is 309 cm³/mol. The van der Waals surface area contributed by atoms with E-state index in [1.54, 1.807) is 80.7 Å². The van der Waals surface area contributed by atoms with E-state index < -0.39 is 48.0 Å². The molecule has 1 fully saturated rings. The van der Waals surface area contributed by atoms with E-state index in [0.29, 0.717) is 46.8 Å². The average Bonchev–Trinajstić information content (AvgIpc) is 4.18. The van der Waals surface area contributed by atoms with Crippen LogP contribution in [0.15, 0.2) is 134 Å². The van der Waals surface area contributed by atoms with Gasteiger partial charge in [0.25, 0.3) is 23.6 Å². The van der Waals surface area contributed by atoms with Gasteiger partial charge < -0.3 is 50.4 Å². The van der Waals surface area contributed by atoms with Gasteiger partial charge in [0.05, 0.1) is 23.3 Å². The summed E-state index contributed by atoms with van der Waals surface area (Å²) in [5.74, 6) is -1.71. The lowest BCUT2D eigenvalue weighted by molar-refractivity contribution is -0.123. The molecule has 426 valence electrons. The van der Waals surface area contributed by atoms with E-state index in [4.69, 9.17) is 14.0 Å². The largest absolute Gasteiger partial charge is 0.508 e. The Kier molecular flexibility index (Phi) is 18.5. The number of nitrogens with zero attached hydrogens (tertiary/aromatic N) is 6. The van der Waals surface area contributed by atoms with Gasteiger partial charge in [-0.1, -0.05) is 70.2 Å². The smallest absolute Gasteiger partial charge is 0.482 e. The van der Waals surface area contributed by atoms with E-state index >= 15 is 0 Å². The third kappa shape index (κ3) is 13.6. The summed E-state index contributed by atoms with van der Waals surface area (Å²) < 4.78 is 21.1. The Hall–Kier alpha value is -8.95. The number of aromatic nitrogens is 5. The highest BCUT2D eigenvalue weighted by Gasteiger charge is 2.57. The van der Waals surface area contributed by atoms with Gasteiger partial charge in [0.1, 0.15) is 40.3 Å². The Labute approximate surface area is 477 Å². The quantitative estimate of drug-likeness (QED) is 0.0352. The molecule has 3 heterocycles. The molecular weight excluding hydrogens is 1040 g/mol. The second-order valence-corrected chi connectivity index (χ2v) is 21.5. The average molecular weight is 1110 g/mol. The lowest BCUT2D eigenvalue weighted by Crippen LogP contribution is -2.55. The van der Waals surface area contributed by atoms with Crippen LogP contribution in [0.2, 0.25) is 0 Å². The highest BCUT2D eigenvalue weighted by Crippen LogP contribution is 2.46. The van der Waals surface area contributed by atoms with E-state index in [2.05, 4.69) is 41.4 Å². The molecule has 0 saturated carbocycles. The molecule has 5 aromatic carbocycles. The summed E-state index contributed by atoms with van der Waals surface area (Å²) in [7, 11) is 0.795. The number of rotatable bonds is 22. The third-order valence-corrected chi connectivity index (χ3v) is 14.4. The number of aromatic hydroxyl groups is 2. The van der Waals surface area contributed by atoms with Crippen molar-refractivity contribution in [3.63, 3.8) is 0 Å². The number of benzene rings is 5. The second-order valence-electron chi connectivity index (χ2n) is 21.5. The molecule has 0 spiro atoms. The summed E-state index contributed by atoms with van der Waals surface area (Å²) in [5, 5.41) is 41.5. The number of likely N-dealkylation sites (N-methyl/N-ethyl adjacent to an activating group) is 1. The molecule has 6 N–H and O–H groups in total. The van der Waals surface area contributed by atoms with Crippen molar-refractivity contribution in [3.8, 4) is 40.1 Å². The zero-order valence-corrected chi connectivity index (χ0v) is 47.5. The topological polar surface area (TPSA) is 261 Å². The van der Waals surface area contributed by atoms with Gasteiger partial charge in [-0.05, 0) is 129 Å². The fourth-order valence-corrected chi connectivity index (χ4v) is 9.61. The van der Waals surface area contributed by atoms with Gasteiger partial charge in [-0.3, -0.25) is 33.5 Å². The van der Waals surface area contributed by atoms with Crippen LogP contribution in [0.3, 0.4) is 0 Å². The van der Waals surface area contributed by atoms with Gasteiger partial charge in [0, 0.05) is 68.4 Å². The molecule has 1 unspecified atom stereocenters. The Morgan fingerprint density at radius 2 is 1.43 bits per heavy atom. The third-order valence-electron chi connectivity index (χ3n) is 14.4. The fraction of sp³-hybridized carbons (Fsp3) is 0.328. The Morgan fingerprint density at radius 3 is 2.06 bits per heavy atom. The lowest BCUT2D eigenvalue weighted by atomic mass is 9.73. The Bertz CT molecular complexity index is 3380. The van der Waals surface area contributed by atoms with Gasteiger partial charge in [0.2, 0.25) is 11.7 Å². The number of phenols is 2. The van der Waals surface area contributed by atoms with Crippen LogP contribution in [-0.4, -0.2) is 121 Å². The summed E-state index contributed by atoms with van der Waals surface area (Å²) in [4.78, 5) is 77.2. The molecule has 5 amide bonds. The van der Waals surface area contributed by atoms with Crippen molar-refractivity contribution >= 4 is 36.7 Å².